The number of carbonyl (C=O) groups is 4. The number of para-hydroxylation sites is 1. The minimum atomic E-state index is -1.34. The smallest absolute Gasteiger partial charge is 0.339 e. The van der Waals surface area contributed by atoms with Crippen LogP contribution in [0, 0.1) is 64.1 Å². The Bertz CT molecular complexity index is 4250. The fraction of sp³-hybridized carbons (Fsp3) is 0.405. The summed E-state index contributed by atoms with van der Waals surface area (Å²) in [5.74, 6) is -3.65. The third-order valence-corrected chi connectivity index (χ3v) is 23.7. The highest BCUT2D eigenvalue weighted by atomic mass is 16.4. The van der Waals surface area contributed by atoms with Gasteiger partial charge in [-0.2, -0.15) is 4.57 Å². The number of nitrogens with zero attached hydrogens (tertiary/aromatic N) is 3. The Labute approximate surface area is 540 Å². The Morgan fingerprint density at radius 2 is 1.32 bits per heavy atom. The first-order valence-corrected chi connectivity index (χ1v) is 32.5. The lowest BCUT2D eigenvalue weighted by atomic mass is 9.33. The first kappa shape index (κ1) is 65.0. The Morgan fingerprint density at radius 1 is 0.696 bits per heavy atom. The van der Waals surface area contributed by atoms with Crippen LogP contribution < -0.4 is 14.6 Å². The standard InChI is InChI=1S/C30H46O4.C26H28N3.C23H16O6/c1-25(2)21-8-11-30(7)23(28(21,5)10-9-22(25)32)20(31)16-18-19-17-27(4,24(33)34)13-12-26(19,3)14-15-29(18,30)6;1-19-17-21(20(2)29(19)24-9-7-6-8-10-24)11-13-23-14-12-22-18-25(27(3)4)15-16-26(22)28(23)5;24-20-16(14-7-3-1-5-12(14)9-18(20)22(26)27)11-17-15-8-4-2-6-13(15)10-19(21(17)25)23(28)29/h16,19,21-23,32H,8-15,17H2,1-7H3,(H,33,34);6-18H,1-5H3;1-10,24-25H,11H2,(H,26,27)(H,28,29)/q;+1;/p-1. The van der Waals surface area contributed by atoms with E-state index in [0.29, 0.717) is 33.9 Å². The molecule has 13 heteroatoms. The number of aromatic nitrogens is 2. The lowest BCUT2D eigenvalue weighted by Gasteiger charge is -2.70. The molecule has 2 heterocycles. The molecule has 9 atom stereocenters. The Balaban J connectivity index is 0.000000142. The molecule has 8 aromatic rings. The summed E-state index contributed by atoms with van der Waals surface area (Å²) >= 11 is 0. The van der Waals surface area contributed by atoms with Gasteiger partial charge >= 0.3 is 17.9 Å². The number of aliphatic hydroxyl groups is 1. The number of aromatic carboxylic acids is 2. The van der Waals surface area contributed by atoms with E-state index in [4.69, 9.17) is 0 Å². The van der Waals surface area contributed by atoms with Gasteiger partial charge < -0.3 is 40.1 Å². The summed E-state index contributed by atoms with van der Waals surface area (Å²) in [6.07, 6.45) is 14.3. The van der Waals surface area contributed by atoms with Crippen molar-refractivity contribution in [3.63, 3.8) is 0 Å². The van der Waals surface area contributed by atoms with Crippen molar-refractivity contribution in [2.75, 3.05) is 19.0 Å². The van der Waals surface area contributed by atoms with Crippen LogP contribution in [0.2, 0.25) is 0 Å². The quantitative estimate of drug-likeness (QED) is 0.0860. The molecule has 13 rings (SSSR count). The molecule has 5 N–H and O–H groups in total. The molecule has 13 nitrogen and oxygen atoms in total. The predicted molar refractivity (Wildman–Crippen MR) is 362 cm³/mol. The lowest BCUT2D eigenvalue weighted by Crippen LogP contribution is -2.66. The molecule has 6 aromatic carbocycles. The maximum atomic E-state index is 14.2. The van der Waals surface area contributed by atoms with Gasteiger partial charge in [-0.15, -0.1) is 0 Å². The van der Waals surface area contributed by atoms with Crippen LogP contribution in [0.5, 0.6) is 11.5 Å². The minimum Gasteiger partial charge on any atom is -0.872 e. The van der Waals surface area contributed by atoms with Crippen molar-refractivity contribution < 1.29 is 54.4 Å². The number of carboxylic acid groups (broad SMARTS) is 3. The third kappa shape index (κ3) is 10.8. The van der Waals surface area contributed by atoms with Gasteiger partial charge in [-0.05, 0) is 211 Å². The maximum Gasteiger partial charge on any atom is 0.339 e. The zero-order chi connectivity index (χ0) is 66.4. The molecule has 0 amide bonds. The molecule has 0 bridgehead atoms. The second-order valence-electron chi connectivity index (χ2n) is 29.4. The van der Waals surface area contributed by atoms with Gasteiger partial charge in [0.1, 0.15) is 18.4 Å². The van der Waals surface area contributed by atoms with Crippen molar-refractivity contribution >= 4 is 74.0 Å². The topological polar surface area (TPSA) is 205 Å². The molecular formula is C79H89N3O10. The van der Waals surface area contributed by atoms with Crippen molar-refractivity contribution in [2.24, 2.45) is 57.3 Å². The van der Waals surface area contributed by atoms with Crippen LogP contribution >= 0.6 is 0 Å². The predicted octanol–water partition coefficient (Wildman–Crippen LogP) is 15.5. The number of aromatic hydroxyl groups is 1. The summed E-state index contributed by atoms with van der Waals surface area (Å²) in [4.78, 5) is 51.7. The molecule has 9 unspecified atom stereocenters. The summed E-state index contributed by atoms with van der Waals surface area (Å²) in [5, 5.41) is 67.0. The highest BCUT2D eigenvalue weighted by Crippen LogP contribution is 2.75. The SMILES string of the molecule is CC1(C(=O)O)CCC2(C)CCC3(C)C(=CC(=O)C4C5(C)CCC(O)C(C)(C)C5CCC43C)C2C1.Cc1cc(C=Cc2ccc3cc(N(C)C)ccc3[n+]2C)c(C)n1-c1ccccc1.O=C(O)c1cc2ccccc2c(Cc2c(O)c(C(=O)O)cc3ccccc23)c1[O-]. The van der Waals surface area contributed by atoms with Crippen LogP contribution in [0.1, 0.15) is 161 Å². The molecule has 5 aliphatic rings. The third-order valence-electron chi connectivity index (χ3n) is 23.7. The highest BCUT2D eigenvalue weighted by molar-refractivity contribution is 6.02. The van der Waals surface area contributed by atoms with Gasteiger partial charge in [0, 0.05) is 78.4 Å². The van der Waals surface area contributed by atoms with E-state index < -0.39 is 34.8 Å². The number of anilines is 1. The zero-order valence-electron chi connectivity index (χ0n) is 55.4. The van der Waals surface area contributed by atoms with Crippen LogP contribution in [0.4, 0.5) is 5.69 Å². The molecule has 4 saturated carbocycles. The molecule has 0 radical (unpaired) electrons. The molecule has 0 saturated heterocycles. The lowest BCUT2D eigenvalue weighted by molar-refractivity contribution is -0.646. The van der Waals surface area contributed by atoms with E-state index in [1.807, 2.05) is 13.0 Å². The summed E-state index contributed by atoms with van der Waals surface area (Å²) < 4.78 is 4.56. The second-order valence-corrected chi connectivity index (χ2v) is 29.4. The van der Waals surface area contributed by atoms with E-state index in [9.17, 15) is 49.8 Å². The van der Waals surface area contributed by atoms with Crippen LogP contribution in [-0.4, -0.2) is 74.0 Å². The molecule has 5 aliphatic carbocycles. The largest absolute Gasteiger partial charge is 0.872 e. The Hall–Kier alpha value is -8.55. The first-order chi connectivity index (χ1) is 43.4. The number of aliphatic carboxylic acids is 1. The van der Waals surface area contributed by atoms with Gasteiger partial charge in [-0.25, -0.2) is 9.59 Å². The van der Waals surface area contributed by atoms with Gasteiger partial charge in [-0.3, -0.25) is 9.59 Å². The van der Waals surface area contributed by atoms with E-state index in [1.54, 1.807) is 48.5 Å². The van der Waals surface area contributed by atoms with Gasteiger partial charge in [-0.1, -0.05) is 120 Å². The number of aliphatic hydroxyl groups excluding tert-OH is 1. The summed E-state index contributed by atoms with van der Waals surface area (Å²) in [5.41, 5.74) is 8.54. The molecule has 2 aromatic heterocycles. The molecule has 92 heavy (non-hydrogen) atoms. The summed E-state index contributed by atoms with van der Waals surface area (Å²) in [7, 11) is 6.28. The average Bonchev–Trinajstić information content (AvgIpc) is 0.718. The van der Waals surface area contributed by atoms with Gasteiger partial charge in [0.05, 0.1) is 17.1 Å². The number of allylic oxidation sites excluding steroid dienone is 2. The minimum absolute atomic E-state index is 0.0296. The van der Waals surface area contributed by atoms with Crippen molar-refractivity contribution in [1.82, 2.24) is 4.57 Å². The summed E-state index contributed by atoms with van der Waals surface area (Å²) in [6.45, 7) is 20.2. The number of pyridine rings is 1. The molecule has 480 valence electrons. The summed E-state index contributed by atoms with van der Waals surface area (Å²) in [6, 6.07) is 40.3. The van der Waals surface area contributed by atoms with Crippen LogP contribution in [0.15, 0.2) is 139 Å². The molecule has 0 spiro atoms. The molecule has 4 fully saturated rings. The van der Waals surface area contributed by atoms with Gasteiger partial charge in [0.15, 0.2) is 5.78 Å². The Kier molecular flexibility index (Phi) is 16.8. The molecule has 0 aliphatic heterocycles. The molecular weight excluding hydrogens is 1150 g/mol. The van der Waals surface area contributed by atoms with Crippen LogP contribution in [0.3, 0.4) is 0 Å². The number of fused-ring (bicyclic) bond motifs is 10. The first-order valence-electron chi connectivity index (χ1n) is 32.5. The number of carboxylic acids is 3. The van der Waals surface area contributed by atoms with E-state index in [0.717, 1.165) is 51.4 Å². The van der Waals surface area contributed by atoms with E-state index in [-0.39, 0.29) is 79.5 Å². The number of benzene rings is 6. The van der Waals surface area contributed by atoms with E-state index in [2.05, 4.69) is 169 Å². The van der Waals surface area contributed by atoms with Crippen LogP contribution in [0.25, 0.3) is 50.3 Å². The number of ketones is 1. The fourth-order valence-corrected chi connectivity index (χ4v) is 18.0. The number of carbonyl (C=O) groups excluding carboxylic acids is 1. The van der Waals surface area contributed by atoms with E-state index >= 15 is 0 Å². The normalized spacial score (nSPS) is 27.1. The van der Waals surface area contributed by atoms with Crippen molar-refractivity contribution in [3.05, 3.63) is 184 Å². The van der Waals surface area contributed by atoms with Gasteiger partial charge in [0.2, 0.25) is 11.2 Å². The van der Waals surface area contributed by atoms with Gasteiger partial charge in [0.25, 0.3) is 0 Å². The number of phenols is 1. The Morgan fingerprint density at radius 3 is 1.96 bits per heavy atom. The fourth-order valence-electron chi connectivity index (χ4n) is 18.0. The number of hydrogen-bond donors (Lipinski definition) is 5. The van der Waals surface area contributed by atoms with Crippen molar-refractivity contribution in [2.45, 2.75) is 133 Å². The monoisotopic (exact) mass is 1240 g/mol. The van der Waals surface area contributed by atoms with Crippen LogP contribution in [-0.2, 0) is 23.1 Å². The van der Waals surface area contributed by atoms with Crippen molar-refractivity contribution in [3.8, 4) is 17.2 Å². The highest BCUT2D eigenvalue weighted by Gasteiger charge is 2.70. The number of rotatable bonds is 9. The van der Waals surface area contributed by atoms with Crippen molar-refractivity contribution in [1.29, 1.82) is 0 Å². The van der Waals surface area contributed by atoms with E-state index in [1.165, 1.54) is 62.6 Å². The average molecular weight is 1240 g/mol. The number of aryl methyl sites for hydroxylation is 2. The number of hydrogen-bond acceptors (Lipinski definition) is 8. The second kappa shape index (κ2) is 23.8. The zero-order valence-corrected chi connectivity index (χ0v) is 55.4. The maximum absolute atomic E-state index is 14.2.